The molecule has 0 atom stereocenters. The number of esters is 1. The van der Waals surface area contributed by atoms with E-state index in [1.165, 1.54) is 12.1 Å². The number of non-ortho nitro benzene ring substituents is 1. The van der Waals surface area contributed by atoms with Gasteiger partial charge in [0.15, 0.2) is 0 Å². The van der Waals surface area contributed by atoms with Crippen LogP contribution in [-0.2, 0) is 11.2 Å². The molecule has 3 rings (SSSR count). The van der Waals surface area contributed by atoms with Crippen LogP contribution in [0.25, 0.3) is 10.8 Å². The number of carbonyl (C=O) groups is 1. The number of benzene rings is 2. The molecule has 0 spiro atoms. The van der Waals surface area contributed by atoms with Gasteiger partial charge >= 0.3 is 5.97 Å². The molecule has 0 unspecified atom stereocenters. The molecule has 6 heteroatoms. The molecule has 1 heterocycles. The molecular formula is C19H16N2O4. The Kier molecular flexibility index (Phi) is 4.70. The van der Waals surface area contributed by atoms with Crippen LogP contribution in [0.4, 0.5) is 5.69 Å². The summed E-state index contributed by atoms with van der Waals surface area (Å²) in [4.78, 5) is 27.1. The van der Waals surface area contributed by atoms with Crippen LogP contribution < -0.4 is 0 Å². The summed E-state index contributed by atoms with van der Waals surface area (Å²) in [6.45, 7) is 1.99. The minimum Gasteiger partial charge on any atom is -0.461 e. The average molecular weight is 336 g/mol. The van der Waals surface area contributed by atoms with Crippen LogP contribution >= 0.6 is 0 Å². The molecular weight excluding hydrogens is 320 g/mol. The molecule has 2 aromatic carbocycles. The lowest BCUT2D eigenvalue weighted by Gasteiger charge is -2.09. The Morgan fingerprint density at radius 2 is 1.92 bits per heavy atom. The number of nitrogens with zero attached hydrogens (tertiary/aromatic N) is 2. The number of hydrogen-bond acceptors (Lipinski definition) is 5. The third-order valence-electron chi connectivity index (χ3n) is 3.81. The van der Waals surface area contributed by atoms with Gasteiger partial charge in [-0.3, -0.25) is 10.1 Å². The lowest BCUT2D eigenvalue weighted by Crippen LogP contribution is -2.09. The molecule has 1 aromatic heterocycles. The fraction of sp³-hybridized carbons (Fsp3) is 0.158. The topological polar surface area (TPSA) is 82.3 Å². The van der Waals surface area contributed by atoms with E-state index in [4.69, 9.17) is 4.74 Å². The number of rotatable bonds is 5. The molecule has 0 aliphatic rings. The minimum atomic E-state index is -0.503. The second kappa shape index (κ2) is 7.09. The third kappa shape index (κ3) is 3.63. The first kappa shape index (κ1) is 16.6. The molecule has 6 nitrogen and oxygen atoms in total. The van der Waals surface area contributed by atoms with Crippen molar-refractivity contribution in [3.8, 4) is 0 Å². The van der Waals surface area contributed by atoms with E-state index >= 15 is 0 Å². The molecule has 0 N–H and O–H groups in total. The van der Waals surface area contributed by atoms with Gasteiger partial charge in [0.25, 0.3) is 5.69 Å². The maximum atomic E-state index is 12.1. The lowest BCUT2D eigenvalue weighted by molar-refractivity contribution is -0.384. The van der Waals surface area contributed by atoms with Crippen LogP contribution in [0.15, 0.2) is 54.6 Å². The van der Waals surface area contributed by atoms with E-state index in [1.54, 1.807) is 19.1 Å². The monoisotopic (exact) mass is 336 g/mol. The molecule has 0 saturated heterocycles. The zero-order chi connectivity index (χ0) is 17.8. The zero-order valence-electron chi connectivity index (χ0n) is 13.6. The highest BCUT2D eigenvalue weighted by molar-refractivity contribution is 5.95. The van der Waals surface area contributed by atoms with Gasteiger partial charge in [0.2, 0.25) is 0 Å². The third-order valence-corrected chi connectivity index (χ3v) is 3.81. The normalized spacial score (nSPS) is 10.6. The van der Waals surface area contributed by atoms with E-state index in [9.17, 15) is 14.9 Å². The molecule has 0 aliphatic carbocycles. The van der Waals surface area contributed by atoms with Crippen molar-refractivity contribution in [2.75, 3.05) is 6.61 Å². The van der Waals surface area contributed by atoms with Gasteiger partial charge in [0.1, 0.15) is 5.69 Å². The second-order valence-corrected chi connectivity index (χ2v) is 5.50. The van der Waals surface area contributed by atoms with Crippen molar-refractivity contribution >= 4 is 22.4 Å². The van der Waals surface area contributed by atoms with Gasteiger partial charge in [0.05, 0.1) is 17.2 Å². The maximum Gasteiger partial charge on any atom is 0.356 e. The van der Waals surface area contributed by atoms with E-state index < -0.39 is 10.9 Å². The Hall–Kier alpha value is -3.28. The summed E-state index contributed by atoms with van der Waals surface area (Å²) in [6.07, 6.45) is 0.464. The van der Waals surface area contributed by atoms with E-state index in [2.05, 4.69) is 4.98 Å². The van der Waals surface area contributed by atoms with Crippen molar-refractivity contribution in [1.29, 1.82) is 0 Å². The summed E-state index contributed by atoms with van der Waals surface area (Å²) in [5.74, 6) is -0.503. The smallest absolute Gasteiger partial charge is 0.356 e. The Morgan fingerprint density at radius 1 is 1.16 bits per heavy atom. The first-order valence-electron chi connectivity index (χ1n) is 7.87. The van der Waals surface area contributed by atoms with Crippen LogP contribution in [0.5, 0.6) is 0 Å². The number of ether oxygens (including phenoxy) is 1. The van der Waals surface area contributed by atoms with E-state index in [1.807, 2.05) is 30.3 Å². The number of nitro groups is 1. The number of hydrogen-bond donors (Lipinski definition) is 0. The molecule has 0 aliphatic heterocycles. The molecule has 25 heavy (non-hydrogen) atoms. The van der Waals surface area contributed by atoms with Crippen molar-refractivity contribution in [3.63, 3.8) is 0 Å². The van der Waals surface area contributed by atoms with Crippen LogP contribution in [0.2, 0.25) is 0 Å². The molecule has 0 amide bonds. The average Bonchev–Trinajstić information content (AvgIpc) is 2.62. The van der Waals surface area contributed by atoms with Gasteiger partial charge in [-0.25, -0.2) is 9.78 Å². The van der Waals surface area contributed by atoms with Crippen LogP contribution in [-0.4, -0.2) is 22.5 Å². The summed E-state index contributed by atoms with van der Waals surface area (Å²) in [6, 6.07) is 15.8. The van der Waals surface area contributed by atoms with Gasteiger partial charge in [-0.2, -0.15) is 0 Å². The largest absolute Gasteiger partial charge is 0.461 e. The number of pyridine rings is 1. The number of carbonyl (C=O) groups excluding carboxylic acids is 1. The number of aromatic nitrogens is 1. The van der Waals surface area contributed by atoms with E-state index in [-0.39, 0.29) is 18.0 Å². The number of fused-ring (bicyclic) bond motifs is 1. The first-order chi connectivity index (χ1) is 12.1. The molecule has 126 valence electrons. The molecule has 0 saturated carbocycles. The standard InChI is InChI=1S/C19H16N2O4/c1-2-25-19(22)18-11-14-8-9-15(21(23)24)12-16(14)17(20-18)10-13-6-4-3-5-7-13/h3-9,11-12H,2,10H2,1H3. The van der Waals surface area contributed by atoms with Gasteiger partial charge in [-0.1, -0.05) is 30.3 Å². The summed E-state index contributed by atoms with van der Waals surface area (Å²) >= 11 is 0. The maximum absolute atomic E-state index is 12.1. The highest BCUT2D eigenvalue weighted by Crippen LogP contribution is 2.26. The van der Waals surface area contributed by atoms with Crippen molar-refractivity contribution < 1.29 is 14.5 Å². The summed E-state index contributed by atoms with van der Waals surface area (Å²) in [5.41, 5.74) is 1.81. The fourth-order valence-electron chi connectivity index (χ4n) is 2.65. The Labute approximate surface area is 144 Å². The molecule has 0 bridgehead atoms. The summed E-state index contributed by atoms with van der Waals surface area (Å²) < 4.78 is 5.03. The number of nitro benzene ring substituents is 1. The minimum absolute atomic E-state index is 0.00695. The van der Waals surface area contributed by atoms with Gasteiger partial charge in [0, 0.05) is 23.9 Å². The lowest BCUT2D eigenvalue weighted by atomic mass is 10.0. The van der Waals surface area contributed by atoms with Gasteiger partial charge in [-0.05, 0) is 30.0 Å². The highest BCUT2D eigenvalue weighted by Gasteiger charge is 2.16. The van der Waals surface area contributed by atoms with Crippen molar-refractivity contribution in [1.82, 2.24) is 4.98 Å². The predicted molar refractivity (Wildman–Crippen MR) is 93.6 cm³/mol. The Morgan fingerprint density at radius 3 is 2.60 bits per heavy atom. The molecule has 0 radical (unpaired) electrons. The van der Waals surface area contributed by atoms with Gasteiger partial charge < -0.3 is 4.74 Å². The van der Waals surface area contributed by atoms with Crippen molar-refractivity contribution in [2.24, 2.45) is 0 Å². The van der Waals surface area contributed by atoms with Gasteiger partial charge in [-0.15, -0.1) is 0 Å². The second-order valence-electron chi connectivity index (χ2n) is 5.50. The zero-order valence-corrected chi connectivity index (χ0v) is 13.6. The van der Waals surface area contributed by atoms with E-state index in [0.717, 1.165) is 10.9 Å². The highest BCUT2D eigenvalue weighted by atomic mass is 16.6. The first-order valence-corrected chi connectivity index (χ1v) is 7.87. The SMILES string of the molecule is CCOC(=O)c1cc2ccc([N+](=O)[O-])cc2c(Cc2ccccc2)n1. The van der Waals surface area contributed by atoms with Crippen LogP contribution in [0.1, 0.15) is 28.7 Å². The van der Waals surface area contributed by atoms with Crippen molar-refractivity contribution in [3.05, 3.63) is 81.7 Å². The van der Waals surface area contributed by atoms with Crippen LogP contribution in [0, 0.1) is 10.1 Å². The fourth-order valence-corrected chi connectivity index (χ4v) is 2.65. The summed E-state index contributed by atoms with van der Waals surface area (Å²) in [5, 5.41) is 12.5. The van der Waals surface area contributed by atoms with E-state index in [0.29, 0.717) is 17.5 Å². The molecule has 0 fully saturated rings. The van der Waals surface area contributed by atoms with Crippen molar-refractivity contribution in [2.45, 2.75) is 13.3 Å². The predicted octanol–water partition coefficient (Wildman–Crippen LogP) is 3.91. The quantitative estimate of drug-likeness (QED) is 0.401. The Balaban J connectivity index is 2.15. The van der Waals surface area contributed by atoms with Crippen LogP contribution in [0.3, 0.4) is 0 Å². The molecule has 3 aromatic rings. The summed E-state index contributed by atoms with van der Waals surface area (Å²) in [7, 11) is 0. The Bertz CT molecular complexity index is 939.